The Labute approximate surface area is 115 Å². The van der Waals surface area contributed by atoms with Gasteiger partial charge in [0.2, 0.25) is 0 Å². The van der Waals surface area contributed by atoms with Crippen molar-refractivity contribution in [2.24, 2.45) is 5.73 Å². The van der Waals surface area contributed by atoms with Crippen molar-refractivity contribution in [1.82, 2.24) is 0 Å². The zero-order chi connectivity index (χ0) is 13.1. The fourth-order valence-corrected chi connectivity index (χ4v) is 3.16. The second-order valence-corrected chi connectivity index (χ2v) is 5.67. The maximum atomic E-state index is 6.35. The predicted molar refractivity (Wildman–Crippen MR) is 75.9 cm³/mol. The highest BCUT2D eigenvalue weighted by Gasteiger charge is 2.23. The van der Waals surface area contributed by atoms with Crippen molar-refractivity contribution < 1.29 is 9.47 Å². The largest absolute Gasteiger partial charge is 0.490 e. The van der Waals surface area contributed by atoms with Crippen LogP contribution in [0.4, 0.5) is 0 Å². The van der Waals surface area contributed by atoms with E-state index in [-0.39, 0.29) is 6.04 Å². The lowest BCUT2D eigenvalue weighted by atomic mass is 9.88. The smallest absolute Gasteiger partial charge is 0.161 e. The lowest BCUT2D eigenvalue weighted by Gasteiger charge is -2.22. The van der Waals surface area contributed by atoms with E-state index in [9.17, 15) is 0 Å². The summed E-state index contributed by atoms with van der Waals surface area (Å²) in [5.41, 5.74) is 7.66. The van der Waals surface area contributed by atoms with Gasteiger partial charge in [-0.3, -0.25) is 0 Å². The summed E-state index contributed by atoms with van der Waals surface area (Å²) in [7, 11) is 0. The first-order valence-corrected chi connectivity index (χ1v) is 7.50. The maximum Gasteiger partial charge on any atom is 0.161 e. The van der Waals surface area contributed by atoms with Crippen molar-refractivity contribution >= 4 is 0 Å². The molecule has 2 atom stereocenters. The molecule has 2 aliphatic rings. The minimum atomic E-state index is 0.284. The molecule has 1 aromatic carbocycles. The van der Waals surface area contributed by atoms with Gasteiger partial charge in [0, 0.05) is 12.5 Å². The Hall–Kier alpha value is -1.22. The molecule has 2 N–H and O–H groups in total. The average molecular weight is 261 g/mol. The summed E-state index contributed by atoms with van der Waals surface area (Å²) in [5, 5.41) is 0. The fourth-order valence-electron chi connectivity index (χ4n) is 3.16. The molecule has 1 saturated carbocycles. The average Bonchev–Trinajstić information content (AvgIpc) is 2.77. The Morgan fingerprint density at radius 3 is 2.58 bits per heavy atom. The molecular formula is C16H23NO2. The zero-order valence-electron chi connectivity index (χ0n) is 11.4. The number of hydrogen-bond donors (Lipinski definition) is 1. The topological polar surface area (TPSA) is 44.5 Å². The molecule has 3 heteroatoms. The minimum absolute atomic E-state index is 0.284. The normalized spacial score (nSPS) is 27.4. The third-order valence-electron chi connectivity index (χ3n) is 4.27. The van der Waals surface area contributed by atoms with Gasteiger partial charge in [-0.05, 0) is 36.5 Å². The van der Waals surface area contributed by atoms with Crippen molar-refractivity contribution in [3.05, 3.63) is 23.8 Å². The summed E-state index contributed by atoms with van der Waals surface area (Å²) < 4.78 is 11.5. The highest BCUT2D eigenvalue weighted by atomic mass is 16.5. The van der Waals surface area contributed by atoms with E-state index in [1.807, 2.05) is 6.07 Å². The molecule has 0 amide bonds. The van der Waals surface area contributed by atoms with Crippen LogP contribution in [-0.4, -0.2) is 19.3 Å². The third kappa shape index (κ3) is 2.86. The first-order chi connectivity index (χ1) is 9.34. The van der Waals surface area contributed by atoms with Crippen LogP contribution >= 0.6 is 0 Å². The van der Waals surface area contributed by atoms with Gasteiger partial charge in [-0.15, -0.1) is 0 Å². The summed E-state index contributed by atoms with van der Waals surface area (Å²) in [6, 6.07) is 6.65. The molecule has 0 aromatic heterocycles. The number of benzene rings is 1. The van der Waals surface area contributed by atoms with Crippen LogP contribution in [-0.2, 0) is 0 Å². The minimum Gasteiger partial charge on any atom is -0.490 e. The molecule has 3 nitrogen and oxygen atoms in total. The van der Waals surface area contributed by atoms with Crippen molar-refractivity contribution in [2.75, 3.05) is 13.2 Å². The summed E-state index contributed by atoms with van der Waals surface area (Å²) in [6.07, 6.45) is 7.15. The van der Waals surface area contributed by atoms with Crippen molar-refractivity contribution in [3.8, 4) is 11.5 Å². The van der Waals surface area contributed by atoms with Crippen LogP contribution in [0, 0.1) is 0 Å². The fraction of sp³-hybridized carbons (Fsp3) is 0.625. The molecule has 1 aromatic rings. The van der Waals surface area contributed by atoms with E-state index in [1.165, 1.54) is 31.2 Å². The molecule has 2 unspecified atom stereocenters. The standard InChI is InChI=1S/C16H23NO2/c17-14-6-3-1-2-5-13(14)12-7-8-15-16(11-12)19-10-4-9-18-15/h7-8,11,13-14H,1-6,9-10,17H2. The van der Waals surface area contributed by atoms with Crippen LogP contribution in [0.1, 0.15) is 50.0 Å². The molecule has 0 bridgehead atoms. The van der Waals surface area contributed by atoms with Crippen LogP contribution < -0.4 is 15.2 Å². The number of nitrogens with two attached hydrogens (primary N) is 1. The van der Waals surface area contributed by atoms with Crippen LogP contribution in [0.5, 0.6) is 11.5 Å². The van der Waals surface area contributed by atoms with E-state index in [0.29, 0.717) is 5.92 Å². The number of rotatable bonds is 1. The molecular weight excluding hydrogens is 238 g/mol. The molecule has 3 rings (SSSR count). The maximum absolute atomic E-state index is 6.35. The molecule has 0 saturated heterocycles. The highest BCUT2D eigenvalue weighted by molar-refractivity contribution is 5.44. The van der Waals surface area contributed by atoms with E-state index in [2.05, 4.69) is 12.1 Å². The molecule has 0 spiro atoms. The zero-order valence-corrected chi connectivity index (χ0v) is 11.4. The molecule has 104 valence electrons. The number of hydrogen-bond acceptors (Lipinski definition) is 3. The number of fused-ring (bicyclic) bond motifs is 1. The number of ether oxygens (including phenoxy) is 2. The summed E-state index contributed by atoms with van der Waals surface area (Å²) in [5.74, 6) is 2.24. The van der Waals surface area contributed by atoms with E-state index in [4.69, 9.17) is 15.2 Å². The van der Waals surface area contributed by atoms with Gasteiger partial charge < -0.3 is 15.2 Å². The highest BCUT2D eigenvalue weighted by Crippen LogP contribution is 2.37. The van der Waals surface area contributed by atoms with Gasteiger partial charge >= 0.3 is 0 Å². The Morgan fingerprint density at radius 2 is 1.68 bits per heavy atom. The van der Waals surface area contributed by atoms with Gasteiger partial charge in [-0.1, -0.05) is 25.3 Å². The van der Waals surface area contributed by atoms with Crippen LogP contribution in [0.3, 0.4) is 0 Å². The van der Waals surface area contributed by atoms with Crippen LogP contribution in [0.2, 0.25) is 0 Å². The summed E-state index contributed by atoms with van der Waals surface area (Å²) in [4.78, 5) is 0. The van der Waals surface area contributed by atoms with Gasteiger partial charge in [-0.2, -0.15) is 0 Å². The van der Waals surface area contributed by atoms with E-state index in [1.54, 1.807) is 0 Å². The van der Waals surface area contributed by atoms with Gasteiger partial charge in [-0.25, -0.2) is 0 Å². The molecule has 0 radical (unpaired) electrons. The Morgan fingerprint density at radius 1 is 0.895 bits per heavy atom. The molecule has 1 aliphatic heterocycles. The van der Waals surface area contributed by atoms with Gasteiger partial charge in [0.25, 0.3) is 0 Å². The van der Waals surface area contributed by atoms with E-state index < -0.39 is 0 Å². The molecule has 1 aliphatic carbocycles. The molecule has 1 fully saturated rings. The van der Waals surface area contributed by atoms with Gasteiger partial charge in [0.05, 0.1) is 13.2 Å². The Balaban J connectivity index is 1.85. The van der Waals surface area contributed by atoms with Gasteiger partial charge in [0.1, 0.15) is 0 Å². The SMILES string of the molecule is NC1CCCCCC1c1ccc2c(c1)OCCCO2. The Bertz CT molecular complexity index is 433. The van der Waals surface area contributed by atoms with Crippen molar-refractivity contribution in [3.63, 3.8) is 0 Å². The second kappa shape index (κ2) is 5.83. The lowest BCUT2D eigenvalue weighted by molar-refractivity contribution is 0.297. The second-order valence-electron chi connectivity index (χ2n) is 5.67. The monoisotopic (exact) mass is 261 g/mol. The van der Waals surface area contributed by atoms with Crippen LogP contribution in [0.25, 0.3) is 0 Å². The van der Waals surface area contributed by atoms with Gasteiger partial charge in [0.15, 0.2) is 11.5 Å². The van der Waals surface area contributed by atoms with Crippen molar-refractivity contribution in [1.29, 1.82) is 0 Å². The quantitative estimate of drug-likeness (QED) is 0.789. The third-order valence-corrected chi connectivity index (χ3v) is 4.27. The van der Waals surface area contributed by atoms with E-state index in [0.717, 1.165) is 37.6 Å². The van der Waals surface area contributed by atoms with Crippen molar-refractivity contribution in [2.45, 2.75) is 50.5 Å². The predicted octanol–water partition coefficient (Wildman–Crippen LogP) is 3.22. The molecule has 1 heterocycles. The Kier molecular flexibility index (Phi) is 3.92. The first kappa shape index (κ1) is 12.8. The summed E-state index contributed by atoms with van der Waals surface area (Å²) in [6.45, 7) is 1.49. The summed E-state index contributed by atoms with van der Waals surface area (Å²) >= 11 is 0. The first-order valence-electron chi connectivity index (χ1n) is 7.50. The van der Waals surface area contributed by atoms with E-state index >= 15 is 0 Å². The molecule has 19 heavy (non-hydrogen) atoms. The lowest BCUT2D eigenvalue weighted by Crippen LogP contribution is -2.27. The van der Waals surface area contributed by atoms with Crippen LogP contribution in [0.15, 0.2) is 18.2 Å².